The molecular weight excluding hydrogens is 224 g/mol. The van der Waals surface area contributed by atoms with Crippen molar-refractivity contribution in [2.45, 2.75) is 6.92 Å². The molecule has 0 spiro atoms. The van der Waals surface area contributed by atoms with Crippen molar-refractivity contribution in [1.82, 2.24) is 10.6 Å². The average molecular weight is 239 g/mol. The van der Waals surface area contributed by atoms with Gasteiger partial charge < -0.3 is 10.6 Å². The van der Waals surface area contributed by atoms with E-state index in [1.165, 1.54) is 5.56 Å². The zero-order chi connectivity index (χ0) is 11.8. The number of nitrogens with one attached hydrogen (secondary N) is 2. The van der Waals surface area contributed by atoms with Crippen molar-refractivity contribution < 1.29 is 4.79 Å². The lowest BCUT2D eigenvalue weighted by Gasteiger charge is -2.01. The molecule has 0 saturated heterocycles. The van der Waals surface area contributed by atoms with Gasteiger partial charge in [-0.2, -0.15) is 0 Å². The molecule has 2 N–H and O–H groups in total. The molecule has 0 aromatic heterocycles. The van der Waals surface area contributed by atoms with Gasteiger partial charge in [-0.25, -0.2) is 4.79 Å². The third-order valence-corrected chi connectivity index (χ3v) is 2.10. The highest BCUT2D eigenvalue weighted by molar-refractivity contribution is 6.18. The predicted octanol–water partition coefficient (Wildman–Crippen LogP) is 2.50. The van der Waals surface area contributed by atoms with Crippen LogP contribution in [0.25, 0.3) is 6.08 Å². The van der Waals surface area contributed by atoms with Crippen molar-refractivity contribution in [3.63, 3.8) is 0 Å². The Kier molecular flexibility index (Phi) is 5.43. The minimum Gasteiger partial charge on any atom is -0.337 e. The van der Waals surface area contributed by atoms with Gasteiger partial charge in [-0.15, -0.1) is 11.6 Å². The van der Waals surface area contributed by atoms with Crippen molar-refractivity contribution in [2.24, 2.45) is 0 Å². The van der Waals surface area contributed by atoms with Gasteiger partial charge in [0.15, 0.2) is 0 Å². The van der Waals surface area contributed by atoms with Crippen molar-refractivity contribution in [1.29, 1.82) is 0 Å². The summed E-state index contributed by atoms with van der Waals surface area (Å²) in [5.41, 5.74) is 2.24. The van der Waals surface area contributed by atoms with Crippen molar-refractivity contribution in [3.8, 4) is 0 Å². The van der Waals surface area contributed by atoms with Gasteiger partial charge >= 0.3 is 6.03 Å². The summed E-state index contributed by atoms with van der Waals surface area (Å²) in [6.07, 6.45) is 3.45. The van der Waals surface area contributed by atoms with Crippen LogP contribution in [0.2, 0.25) is 0 Å². The third kappa shape index (κ3) is 4.84. The van der Waals surface area contributed by atoms with Crippen LogP contribution >= 0.6 is 11.6 Å². The first-order valence-electron chi connectivity index (χ1n) is 5.06. The van der Waals surface area contributed by atoms with Gasteiger partial charge in [0.2, 0.25) is 0 Å². The molecule has 2 amide bonds. The van der Waals surface area contributed by atoms with Crippen LogP contribution in [0.4, 0.5) is 4.79 Å². The Morgan fingerprint density at radius 3 is 3.00 bits per heavy atom. The first-order valence-corrected chi connectivity index (χ1v) is 5.59. The highest BCUT2D eigenvalue weighted by Crippen LogP contribution is 2.04. The minimum absolute atomic E-state index is 0.246. The third-order valence-electron chi connectivity index (χ3n) is 1.91. The van der Waals surface area contributed by atoms with Gasteiger partial charge in [0.05, 0.1) is 0 Å². The van der Waals surface area contributed by atoms with E-state index in [2.05, 4.69) is 10.6 Å². The number of benzene rings is 1. The van der Waals surface area contributed by atoms with E-state index in [9.17, 15) is 4.79 Å². The Labute approximate surface area is 100 Å². The normalized spacial score (nSPS) is 10.4. The summed E-state index contributed by atoms with van der Waals surface area (Å²) in [4.78, 5) is 11.1. The number of hydrogen-bond acceptors (Lipinski definition) is 1. The van der Waals surface area contributed by atoms with E-state index in [1.54, 1.807) is 6.20 Å². The number of amides is 2. The van der Waals surface area contributed by atoms with Gasteiger partial charge in [-0.05, 0) is 18.6 Å². The first kappa shape index (κ1) is 12.6. The van der Waals surface area contributed by atoms with E-state index in [1.807, 2.05) is 37.3 Å². The fourth-order valence-electron chi connectivity index (χ4n) is 1.20. The molecule has 0 atom stereocenters. The largest absolute Gasteiger partial charge is 0.337 e. The Hall–Kier alpha value is -1.48. The van der Waals surface area contributed by atoms with Crippen LogP contribution in [0.1, 0.15) is 11.1 Å². The van der Waals surface area contributed by atoms with Crippen LogP contribution in [0.5, 0.6) is 0 Å². The standard InChI is InChI=1S/C12H15ClN2O/c1-10-3-2-4-11(9-10)5-7-14-12(16)15-8-6-13/h2-5,7,9H,6,8H2,1H3,(H2,14,15,16)/b7-5+. The number of rotatable bonds is 4. The molecule has 1 aromatic carbocycles. The zero-order valence-corrected chi connectivity index (χ0v) is 9.92. The van der Waals surface area contributed by atoms with E-state index in [-0.39, 0.29) is 6.03 Å². The molecule has 0 heterocycles. The highest BCUT2D eigenvalue weighted by Gasteiger charge is 1.93. The van der Waals surface area contributed by atoms with E-state index >= 15 is 0 Å². The number of hydrogen-bond donors (Lipinski definition) is 2. The van der Waals surface area contributed by atoms with E-state index in [0.29, 0.717) is 12.4 Å². The summed E-state index contributed by atoms with van der Waals surface area (Å²) in [6, 6.07) is 7.77. The molecule has 1 rings (SSSR count). The molecule has 4 heteroatoms. The van der Waals surface area contributed by atoms with Gasteiger partial charge in [0.25, 0.3) is 0 Å². The van der Waals surface area contributed by atoms with Crippen LogP contribution in [0, 0.1) is 6.92 Å². The molecule has 0 fully saturated rings. The van der Waals surface area contributed by atoms with Gasteiger partial charge in [-0.1, -0.05) is 29.8 Å². The quantitative estimate of drug-likeness (QED) is 0.778. The fraction of sp³-hybridized carbons (Fsp3) is 0.250. The molecule has 0 bridgehead atoms. The summed E-state index contributed by atoms with van der Waals surface area (Å²) in [5.74, 6) is 0.412. The molecule has 0 unspecified atom stereocenters. The van der Waals surface area contributed by atoms with Crippen molar-refractivity contribution >= 4 is 23.7 Å². The monoisotopic (exact) mass is 238 g/mol. The lowest BCUT2D eigenvalue weighted by Crippen LogP contribution is -2.33. The van der Waals surface area contributed by atoms with E-state index in [0.717, 1.165) is 5.56 Å². The van der Waals surface area contributed by atoms with Gasteiger partial charge in [0, 0.05) is 18.6 Å². The smallest absolute Gasteiger partial charge is 0.318 e. The van der Waals surface area contributed by atoms with Crippen LogP contribution in [0.3, 0.4) is 0 Å². The number of carbonyl (C=O) groups excluding carboxylic acids is 1. The van der Waals surface area contributed by atoms with E-state index < -0.39 is 0 Å². The van der Waals surface area contributed by atoms with Crippen molar-refractivity contribution in [2.75, 3.05) is 12.4 Å². The number of aryl methyl sites for hydroxylation is 1. The molecule has 16 heavy (non-hydrogen) atoms. The van der Waals surface area contributed by atoms with Crippen LogP contribution < -0.4 is 10.6 Å². The Morgan fingerprint density at radius 1 is 1.50 bits per heavy atom. The summed E-state index contributed by atoms with van der Waals surface area (Å²) in [7, 11) is 0. The first-order chi connectivity index (χ1) is 7.72. The zero-order valence-electron chi connectivity index (χ0n) is 9.16. The van der Waals surface area contributed by atoms with Crippen LogP contribution in [0.15, 0.2) is 30.5 Å². The maximum atomic E-state index is 11.1. The molecule has 1 aromatic rings. The Balaban J connectivity index is 2.40. The minimum atomic E-state index is -0.246. The summed E-state index contributed by atoms with van der Waals surface area (Å²) in [5, 5.41) is 5.19. The van der Waals surface area contributed by atoms with Crippen molar-refractivity contribution in [3.05, 3.63) is 41.6 Å². The van der Waals surface area contributed by atoms with E-state index in [4.69, 9.17) is 11.6 Å². The highest BCUT2D eigenvalue weighted by atomic mass is 35.5. The molecule has 0 saturated carbocycles. The second kappa shape index (κ2) is 6.90. The van der Waals surface area contributed by atoms with Crippen LogP contribution in [-0.2, 0) is 0 Å². The number of urea groups is 1. The summed E-state index contributed by atoms with van der Waals surface area (Å²) < 4.78 is 0. The number of halogens is 1. The number of carbonyl (C=O) groups is 1. The fourth-order valence-corrected chi connectivity index (χ4v) is 1.29. The lowest BCUT2D eigenvalue weighted by atomic mass is 10.1. The Bertz CT molecular complexity index is 377. The topological polar surface area (TPSA) is 41.1 Å². The molecule has 0 aliphatic heterocycles. The summed E-state index contributed by atoms with van der Waals surface area (Å²) in [6.45, 7) is 2.49. The second-order valence-electron chi connectivity index (χ2n) is 3.34. The molecule has 0 aliphatic rings. The molecule has 0 radical (unpaired) electrons. The molecule has 86 valence electrons. The Morgan fingerprint density at radius 2 is 2.31 bits per heavy atom. The maximum absolute atomic E-state index is 11.1. The summed E-state index contributed by atoms with van der Waals surface area (Å²) >= 11 is 5.43. The van der Waals surface area contributed by atoms with Crippen LogP contribution in [-0.4, -0.2) is 18.5 Å². The number of alkyl halides is 1. The maximum Gasteiger partial charge on any atom is 0.318 e. The molecular formula is C12H15ClN2O. The SMILES string of the molecule is Cc1cccc(/C=C/NC(=O)NCCCl)c1. The van der Waals surface area contributed by atoms with Gasteiger partial charge in [0.1, 0.15) is 0 Å². The molecule has 3 nitrogen and oxygen atoms in total. The molecule has 0 aliphatic carbocycles. The van der Waals surface area contributed by atoms with Gasteiger partial charge in [-0.3, -0.25) is 0 Å². The second-order valence-corrected chi connectivity index (χ2v) is 3.71. The average Bonchev–Trinajstić information content (AvgIpc) is 2.26. The lowest BCUT2D eigenvalue weighted by molar-refractivity contribution is 0.245. The predicted molar refractivity (Wildman–Crippen MR) is 67.5 cm³/mol.